The van der Waals surface area contributed by atoms with Crippen molar-refractivity contribution >= 4 is 15.9 Å². The van der Waals surface area contributed by atoms with Gasteiger partial charge in [0.15, 0.2) is 0 Å². The number of halogens is 6. The van der Waals surface area contributed by atoms with Crippen molar-refractivity contribution in [2.45, 2.75) is 18.9 Å². The van der Waals surface area contributed by atoms with Crippen LogP contribution in [0, 0.1) is 11.3 Å². The highest BCUT2D eigenvalue weighted by Gasteiger charge is 2.38. The molecule has 1 aromatic carbocycles. The summed E-state index contributed by atoms with van der Waals surface area (Å²) in [5.41, 5.74) is 0.788. The Morgan fingerprint density at radius 3 is 2.15 bits per heavy atom. The monoisotopic (exact) mass is 403 g/mol. The lowest BCUT2D eigenvalue weighted by Crippen LogP contribution is -2.38. The van der Waals surface area contributed by atoms with Crippen molar-refractivity contribution in [1.29, 1.82) is 5.26 Å². The normalized spacial score (nSPS) is 12.8. The number of alkyl halides is 6. The van der Waals surface area contributed by atoms with Crippen LogP contribution in [0.2, 0.25) is 0 Å². The second-order valence-electron chi connectivity index (χ2n) is 5.02. The van der Waals surface area contributed by atoms with Crippen molar-refractivity contribution < 1.29 is 39.6 Å². The van der Waals surface area contributed by atoms with E-state index in [9.17, 15) is 39.6 Å². The maximum Gasteiger partial charge on any atom is 0.416 e. The fourth-order valence-corrected chi connectivity index (χ4v) is 3.10. The molecule has 0 saturated heterocycles. The molecule has 0 aliphatic rings. The lowest BCUT2D eigenvalue weighted by molar-refractivity contribution is -0.142. The zero-order valence-corrected chi connectivity index (χ0v) is 13.5. The zero-order valence-electron chi connectivity index (χ0n) is 12.7. The molecule has 13 heteroatoms. The van der Waals surface area contributed by atoms with E-state index in [-0.39, 0.29) is 22.5 Å². The molecule has 0 saturated carbocycles. The second kappa shape index (κ2) is 7.50. The van der Waals surface area contributed by atoms with Crippen LogP contribution < -0.4 is 5.73 Å². The van der Waals surface area contributed by atoms with E-state index < -0.39 is 63.8 Å². The number of sulfonamides is 1. The van der Waals surface area contributed by atoms with Crippen molar-refractivity contribution in [2.24, 2.45) is 5.73 Å². The highest BCUT2D eigenvalue weighted by molar-refractivity contribution is 7.89. The summed E-state index contributed by atoms with van der Waals surface area (Å²) in [6.45, 7) is -2.18. The molecule has 2 N–H and O–H groups in total. The van der Waals surface area contributed by atoms with E-state index in [1.807, 2.05) is 0 Å². The molecule has 0 aliphatic carbocycles. The Kier molecular flexibility index (Phi) is 6.26. The van der Waals surface area contributed by atoms with E-state index in [4.69, 9.17) is 11.0 Å². The van der Waals surface area contributed by atoms with Crippen LogP contribution in [0.15, 0.2) is 18.2 Å². The number of benzene rings is 1. The standard InChI is InChI=1S/C13H11F6N3O3S/c14-12(15,16)9-1-2-10(13(17,18)19)8(5-9)6-22(4-3-20)26(24,25)7-11(21)23/h1-2,5H,4,6-7H2,(H2,21,23). The zero-order chi connectivity index (χ0) is 20.3. The number of amides is 1. The molecule has 0 radical (unpaired) electrons. The van der Waals surface area contributed by atoms with Gasteiger partial charge in [0.1, 0.15) is 12.3 Å². The molecule has 6 nitrogen and oxygen atoms in total. The Labute approximate surface area is 143 Å². The molecule has 1 aromatic rings. The maximum absolute atomic E-state index is 13.0. The number of carbonyl (C=O) groups is 1. The topological polar surface area (TPSA) is 104 Å². The Hall–Kier alpha value is -2.33. The minimum Gasteiger partial charge on any atom is -0.369 e. The molecule has 0 heterocycles. The molecule has 0 bridgehead atoms. The summed E-state index contributed by atoms with van der Waals surface area (Å²) in [5, 5.41) is 8.65. The highest BCUT2D eigenvalue weighted by atomic mass is 32.2. The number of carbonyl (C=O) groups excluding carboxylic acids is 1. The molecule has 0 aliphatic heterocycles. The molecule has 1 amide bonds. The molecular formula is C13H11F6N3O3S. The van der Waals surface area contributed by atoms with Gasteiger partial charge < -0.3 is 5.73 Å². The third-order valence-corrected chi connectivity index (χ3v) is 4.74. The summed E-state index contributed by atoms with van der Waals surface area (Å²) in [6.07, 6.45) is -10.0. The number of nitrogens with two attached hydrogens (primary N) is 1. The van der Waals surface area contributed by atoms with Crippen LogP contribution in [0.5, 0.6) is 0 Å². The third kappa shape index (κ3) is 5.60. The van der Waals surface area contributed by atoms with Crippen molar-refractivity contribution in [3.8, 4) is 6.07 Å². The average Bonchev–Trinajstić information content (AvgIpc) is 2.43. The van der Waals surface area contributed by atoms with Crippen molar-refractivity contribution in [3.05, 3.63) is 34.9 Å². The number of hydrogen-bond acceptors (Lipinski definition) is 4. The molecule has 0 fully saturated rings. The van der Waals surface area contributed by atoms with Crippen LogP contribution >= 0.6 is 0 Å². The summed E-state index contributed by atoms with van der Waals surface area (Å²) < 4.78 is 101. The van der Waals surface area contributed by atoms with Gasteiger partial charge in [0.2, 0.25) is 15.9 Å². The van der Waals surface area contributed by atoms with E-state index in [2.05, 4.69) is 0 Å². The van der Waals surface area contributed by atoms with Gasteiger partial charge in [-0.1, -0.05) is 0 Å². The van der Waals surface area contributed by atoms with Gasteiger partial charge in [0.25, 0.3) is 0 Å². The molecule has 26 heavy (non-hydrogen) atoms. The molecular weight excluding hydrogens is 392 g/mol. The van der Waals surface area contributed by atoms with Crippen molar-refractivity contribution in [1.82, 2.24) is 4.31 Å². The third-order valence-electron chi connectivity index (χ3n) is 3.05. The Balaban J connectivity index is 3.46. The van der Waals surface area contributed by atoms with Crippen LogP contribution in [0.25, 0.3) is 0 Å². The summed E-state index contributed by atoms with van der Waals surface area (Å²) in [5.74, 6) is -2.65. The van der Waals surface area contributed by atoms with Crippen molar-refractivity contribution in [3.63, 3.8) is 0 Å². The largest absolute Gasteiger partial charge is 0.416 e. The van der Waals surface area contributed by atoms with Gasteiger partial charge in [-0.3, -0.25) is 4.79 Å². The van der Waals surface area contributed by atoms with Gasteiger partial charge in [-0.25, -0.2) is 8.42 Å². The van der Waals surface area contributed by atoms with E-state index in [1.54, 1.807) is 0 Å². The number of rotatable bonds is 6. The molecule has 1 rings (SSSR count). The number of primary amides is 1. The summed E-state index contributed by atoms with van der Waals surface area (Å²) >= 11 is 0. The summed E-state index contributed by atoms with van der Waals surface area (Å²) in [7, 11) is -4.60. The Morgan fingerprint density at radius 2 is 1.73 bits per heavy atom. The highest BCUT2D eigenvalue weighted by Crippen LogP contribution is 2.37. The van der Waals surface area contributed by atoms with Gasteiger partial charge in [0, 0.05) is 6.54 Å². The van der Waals surface area contributed by atoms with E-state index in [1.165, 1.54) is 6.07 Å². The first-order valence-electron chi connectivity index (χ1n) is 6.59. The van der Waals surface area contributed by atoms with Crippen LogP contribution in [0.3, 0.4) is 0 Å². The SMILES string of the molecule is N#CCN(Cc1cc(C(F)(F)F)ccc1C(F)(F)F)S(=O)(=O)CC(N)=O. The molecule has 0 spiro atoms. The number of hydrogen-bond donors (Lipinski definition) is 1. The lowest BCUT2D eigenvalue weighted by atomic mass is 10.0. The molecule has 0 atom stereocenters. The molecule has 144 valence electrons. The predicted octanol–water partition coefficient (Wildman–Crippen LogP) is 1.86. The first-order valence-corrected chi connectivity index (χ1v) is 8.20. The smallest absolute Gasteiger partial charge is 0.369 e. The van der Waals surface area contributed by atoms with E-state index >= 15 is 0 Å². The van der Waals surface area contributed by atoms with Crippen molar-refractivity contribution in [2.75, 3.05) is 12.3 Å². The number of nitriles is 1. The predicted molar refractivity (Wildman–Crippen MR) is 75.5 cm³/mol. The fraction of sp³-hybridized carbons (Fsp3) is 0.385. The molecule has 0 unspecified atom stereocenters. The fourth-order valence-electron chi connectivity index (χ4n) is 1.97. The summed E-state index contributed by atoms with van der Waals surface area (Å²) in [4.78, 5) is 10.8. The van der Waals surface area contributed by atoms with Crippen LogP contribution in [0.1, 0.15) is 16.7 Å². The van der Waals surface area contributed by atoms with Crippen LogP contribution in [-0.2, 0) is 33.7 Å². The minimum absolute atomic E-state index is 0.146. The van der Waals surface area contributed by atoms with Gasteiger partial charge in [-0.15, -0.1) is 0 Å². The van der Waals surface area contributed by atoms with Gasteiger partial charge in [0.05, 0.1) is 17.2 Å². The lowest BCUT2D eigenvalue weighted by Gasteiger charge is -2.22. The van der Waals surface area contributed by atoms with Gasteiger partial charge in [-0.05, 0) is 23.8 Å². The maximum atomic E-state index is 13.0. The van der Waals surface area contributed by atoms with Crippen LogP contribution in [0.4, 0.5) is 26.3 Å². The first-order chi connectivity index (χ1) is 11.7. The molecule has 0 aromatic heterocycles. The average molecular weight is 403 g/mol. The Morgan fingerprint density at radius 1 is 1.15 bits per heavy atom. The van der Waals surface area contributed by atoms with E-state index in [0.717, 1.165) is 0 Å². The quantitative estimate of drug-likeness (QED) is 0.578. The minimum atomic E-state index is -5.06. The number of nitrogens with zero attached hydrogens (tertiary/aromatic N) is 2. The second-order valence-corrected chi connectivity index (χ2v) is 6.99. The van der Waals surface area contributed by atoms with E-state index in [0.29, 0.717) is 0 Å². The first kappa shape index (κ1) is 21.7. The van der Waals surface area contributed by atoms with Crippen LogP contribution in [-0.4, -0.2) is 30.9 Å². The van der Waals surface area contributed by atoms with Gasteiger partial charge >= 0.3 is 12.4 Å². The Bertz CT molecular complexity index is 827. The van der Waals surface area contributed by atoms with Gasteiger partial charge in [-0.2, -0.15) is 35.9 Å². The summed E-state index contributed by atoms with van der Waals surface area (Å²) in [6, 6.07) is 1.88.